The minimum absolute atomic E-state index is 0. The summed E-state index contributed by atoms with van der Waals surface area (Å²) < 4.78 is 10.9. The Bertz CT molecular complexity index is 401. The van der Waals surface area contributed by atoms with E-state index >= 15 is 0 Å². The normalized spacial score (nSPS) is 26.4. The van der Waals surface area contributed by atoms with Gasteiger partial charge in [-0.2, -0.15) is 0 Å². The van der Waals surface area contributed by atoms with Gasteiger partial charge in [-0.3, -0.25) is 9.89 Å². The third kappa shape index (κ3) is 4.74. The summed E-state index contributed by atoms with van der Waals surface area (Å²) >= 11 is 0. The molecule has 3 fully saturated rings. The average Bonchev–Trinajstić information content (AvgIpc) is 3.11. The topological polar surface area (TPSA) is 63.3 Å². The zero-order valence-electron chi connectivity index (χ0n) is 14.9. The molecule has 1 aliphatic carbocycles. The Morgan fingerprint density at radius 1 is 1.17 bits per heavy atom. The van der Waals surface area contributed by atoms with Crippen LogP contribution in [-0.4, -0.2) is 80.4 Å². The highest BCUT2D eigenvalue weighted by Gasteiger charge is 2.41. The largest absolute Gasteiger partial charge is 0.381 e. The Kier molecular flexibility index (Phi) is 8.03. The van der Waals surface area contributed by atoms with Crippen molar-refractivity contribution in [2.45, 2.75) is 50.2 Å². The van der Waals surface area contributed by atoms with Crippen molar-refractivity contribution in [2.75, 3.05) is 53.0 Å². The first-order valence-corrected chi connectivity index (χ1v) is 9.14. The second-order valence-electron chi connectivity index (χ2n) is 7.13. The molecule has 0 aromatic heterocycles. The minimum atomic E-state index is 0. The highest BCUT2D eigenvalue weighted by molar-refractivity contribution is 14.0. The quantitative estimate of drug-likeness (QED) is 0.400. The summed E-state index contributed by atoms with van der Waals surface area (Å²) in [6.07, 6.45) is 7.86. The van der Waals surface area contributed by atoms with Crippen LogP contribution in [0, 0.1) is 0 Å². The van der Waals surface area contributed by atoms with Crippen LogP contribution in [0.15, 0.2) is 4.99 Å². The summed E-state index contributed by atoms with van der Waals surface area (Å²) in [5, 5.41) is 0. The van der Waals surface area contributed by atoms with E-state index < -0.39 is 0 Å². The molecule has 2 heterocycles. The summed E-state index contributed by atoms with van der Waals surface area (Å²) in [7, 11) is 1.83. The predicted octanol–water partition coefficient (Wildman–Crippen LogP) is 1.67. The zero-order valence-corrected chi connectivity index (χ0v) is 17.2. The van der Waals surface area contributed by atoms with E-state index in [9.17, 15) is 0 Å². The third-order valence-corrected chi connectivity index (χ3v) is 5.85. The number of methoxy groups -OCH3 is 1. The van der Waals surface area contributed by atoms with Crippen LogP contribution >= 0.6 is 24.0 Å². The molecule has 0 radical (unpaired) electrons. The molecular formula is C17H33IN4O2. The van der Waals surface area contributed by atoms with Crippen molar-refractivity contribution >= 4 is 29.9 Å². The van der Waals surface area contributed by atoms with Crippen LogP contribution < -0.4 is 5.73 Å². The second-order valence-corrected chi connectivity index (χ2v) is 7.13. The van der Waals surface area contributed by atoms with Gasteiger partial charge in [0.05, 0.1) is 25.9 Å². The van der Waals surface area contributed by atoms with Crippen molar-refractivity contribution < 1.29 is 9.47 Å². The zero-order chi connectivity index (χ0) is 16.1. The van der Waals surface area contributed by atoms with Crippen LogP contribution in [-0.2, 0) is 9.47 Å². The molecule has 0 aromatic rings. The lowest BCUT2D eigenvalue weighted by Crippen LogP contribution is -2.54. The van der Waals surface area contributed by atoms with Gasteiger partial charge in [-0.25, -0.2) is 0 Å². The van der Waals surface area contributed by atoms with E-state index in [4.69, 9.17) is 20.2 Å². The van der Waals surface area contributed by atoms with E-state index in [1.165, 1.54) is 25.7 Å². The molecule has 0 spiro atoms. The number of ether oxygens (including phenoxy) is 2. The molecule has 140 valence electrons. The smallest absolute Gasteiger partial charge is 0.191 e. The number of aliphatic imine (C=N–C) groups is 1. The van der Waals surface area contributed by atoms with Gasteiger partial charge in [-0.1, -0.05) is 12.8 Å². The van der Waals surface area contributed by atoms with Crippen molar-refractivity contribution in [3.8, 4) is 0 Å². The maximum Gasteiger partial charge on any atom is 0.191 e. The van der Waals surface area contributed by atoms with Crippen LogP contribution in [0.3, 0.4) is 0 Å². The summed E-state index contributed by atoms with van der Waals surface area (Å²) in [6.45, 7) is 6.34. The van der Waals surface area contributed by atoms with Gasteiger partial charge in [0.1, 0.15) is 0 Å². The Hall–Kier alpha value is -0.120. The first-order valence-electron chi connectivity index (χ1n) is 9.14. The van der Waals surface area contributed by atoms with Crippen LogP contribution in [0.5, 0.6) is 0 Å². The van der Waals surface area contributed by atoms with Gasteiger partial charge in [0.25, 0.3) is 0 Å². The van der Waals surface area contributed by atoms with E-state index in [1.54, 1.807) is 0 Å². The molecule has 0 bridgehead atoms. The molecule has 24 heavy (non-hydrogen) atoms. The number of likely N-dealkylation sites (tertiary alicyclic amines) is 1. The number of piperidine rings is 1. The summed E-state index contributed by atoms with van der Waals surface area (Å²) in [4.78, 5) is 9.64. The highest BCUT2D eigenvalue weighted by Crippen LogP contribution is 2.37. The Morgan fingerprint density at radius 2 is 1.79 bits per heavy atom. The first-order chi connectivity index (χ1) is 11.2. The van der Waals surface area contributed by atoms with Gasteiger partial charge < -0.3 is 20.1 Å². The Morgan fingerprint density at radius 3 is 2.38 bits per heavy atom. The van der Waals surface area contributed by atoms with Crippen LogP contribution in [0.1, 0.15) is 38.5 Å². The Balaban J connectivity index is 0.00000208. The fraction of sp³-hybridized carbons (Fsp3) is 0.941. The number of nitrogens with two attached hydrogens (primary N) is 1. The number of nitrogens with zero attached hydrogens (tertiary/aromatic N) is 3. The fourth-order valence-corrected chi connectivity index (χ4v) is 4.29. The SMILES string of the molecule is COC1CCN(C2(CN=C(N)N3CCOCC3)CCCC2)CC1.I. The van der Waals surface area contributed by atoms with E-state index in [2.05, 4.69) is 9.80 Å². The monoisotopic (exact) mass is 452 g/mol. The van der Waals surface area contributed by atoms with Gasteiger partial charge in [0, 0.05) is 38.8 Å². The lowest BCUT2D eigenvalue weighted by molar-refractivity contribution is -0.000192. The number of rotatable bonds is 4. The van der Waals surface area contributed by atoms with Gasteiger partial charge in [-0.05, 0) is 25.7 Å². The maximum atomic E-state index is 6.24. The molecule has 2 aliphatic heterocycles. The van der Waals surface area contributed by atoms with Crippen molar-refractivity contribution in [3.63, 3.8) is 0 Å². The second kappa shape index (κ2) is 9.54. The van der Waals surface area contributed by atoms with Crippen molar-refractivity contribution in [1.29, 1.82) is 0 Å². The molecular weight excluding hydrogens is 419 g/mol. The predicted molar refractivity (Wildman–Crippen MR) is 107 cm³/mol. The lowest BCUT2D eigenvalue weighted by Gasteiger charge is -2.44. The van der Waals surface area contributed by atoms with E-state index in [1.807, 2.05) is 7.11 Å². The van der Waals surface area contributed by atoms with E-state index in [0.717, 1.165) is 58.8 Å². The molecule has 0 aromatic carbocycles. The van der Waals surface area contributed by atoms with Crippen LogP contribution in [0.2, 0.25) is 0 Å². The summed E-state index contributed by atoms with van der Waals surface area (Å²) in [6, 6.07) is 0. The maximum absolute atomic E-state index is 6.24. The lowest BCUT2D eigenvalue weighted by atomic mass is 9.91. The summed E-state index contributed by atoms with van der Waals surface area (Å²) in [5.41, 5.74) is 6.47. The van der Waals surface area contributed by atoms with Crippen molar-refractivity contribution in [2.24, 2.45) is 10.7 Å². The Labute approximate surface area is 163 Å². The number of halogens is 1. The third-order valence-electron chi connectivity index (χ3n) is 5.85. The number of guanidine groups is 1. The first kappa shape index (κ1) is 20.2. The molecule has 0 amide bonds. The molecule has 3 aliphatic rings. The van der Waals surface area contributed by atoms with E-state index in [0.29, 0.717) is 12.1 Å². The number of hydrogen-bond donors (Lipinski definition) is 1. The van der Waals surface area contributed by atoms with Gasteiger partial charge in [0.15, 0.2) is 5.96 Å². The van der Waals surface area contributed by atoms with Crippen LogP contribution in [0.4, 0.5) is 0 Å². The molecule has 1 saturated carbocycles. The van der Waals surface area contributed by atoms with Crippen molar-refractivity contribution in [1.82, 2.24) is 9.80 Å². The van der Waals surface area contributed by atoms with Crippen LogP contribution in [0.25, 0.3) is 0 Å². The van der Waals surface area contributed by atoms with E-state index in [-0.39, 0.29) is 29.5 Å². The molecule has 2 N–H and O–H groups in total. The average molecular weight is 452 g/mol. The molecule has 2 saturated heterocycles. The summed E-state index contributed by atoms with van der Waals surface area (Å²) in [5.74, 6) is 0.700. The van der Waals surface area contributed by atoms with Gasteiger partial charge in [-0.15, -0.1) is 24.0 Å². The molecule has 0 atom stereocenters. The highest BCUT2D eigenvalue weighted by atomic mass is 127. The minimum Gasteiger partial charge on any atom is -0.381 e. The molecule has 3 rings (SSSR count). The fourth-order valence-electron chi connectivity index (χ4n) is 4.29. The molecule has 0 unspecified atom stereocenters. The van der Waals surface area contributed by atoms with Gasteiger partial charge in [0.2, 0.25) is 0 Å². The number of hydrogen-bond acceptors (Lipinski definition) is 4. The molecule has 7 heteroatoms. The van der Waals surface area contributed by atoms with Crippen molar-refractivity contribution in [3.05, 3.63) is 0 Å². The number of morpholine rings is 1. The molecule has 6 nitrogen and oxygen atoms in total. The van der Waals surface area contributed by atoms with Gasteiger partial charge >= 0.3 is 0 Å². The standard InChI is InChI=1S/C17H32N4O2.HI/c1-22-15-4-8-21(9-5-15)17(6-2-3-7-17)14-19-16(18)20-10-12-23-13-11-20;/h15H,2-14H2,1H3,(H2,18,19);1H.